The molecule has 0 rings (SSSR count). The van der Waals surface area contributed by atoms with Crippen LogP contribution in [0.3, 0.4) is 0 Å². The molecular weight excluding hydrogens is 230 g/mol. The molecule has 0 aromatic carbocycles. The molecule has 0 aromatic rings. The van der Waals surface area contributed by atoms with Gasteiger partial charge < -0.3 is 4.90 Å². The van der Waals surface area contributed by atoms with Gasteiger partial charge in [0.1, 0.15) is 0 Å². The van der Waals surface area contributed by atoms with E-state index in [9.17, 15) is 13.2 Å². The van der Waals surface area contributed by atoms with Gasteiger partial charge in [0, 0.05) is 18.2 Å². The molecule has 0 unspecified atom stereocenters. The molecule has 0 radical (unpaired) electrons. The minimum atomic E-state index is -4.00. The third-order valence-electron chi connectivity index (χ3n) is 2.55. The van der Waals surface area contributed by atoms with Crippen LogP contribution in [0, 0.1) is 0 Å². The van der Waals surface area contributed by atoms with Crippen LogP contribution in [-0.2, 0) is 14.9 Å². The molecule has 6 heteroatoms. The summed E-state index contributed by atoms with van der Waals surface area (Å²) in [6.45, 7) is 8.60. The molecule has 0 saturated heterocycles. The average molecular weight is 249 g/mol. The van der Waals surface area contributed by atoms with Crippen LogP contribution < -0.4 is 0 Å². The molecule has 0 spiro atoms. The quantitative estimate of drug-likeness (QED) is 0.584. The summed E-state index contributed by atoms with van der Waals surface area (Å²) < 4.78 is 29.9. The molecule has 0 bridgehead atoms. The lowest BCUT2D eigenvalue weighted by Gasteiger charge is -2.35. The van der Waals surface area contributed by atoms with Crippen molar-refractivity contribution >= 4 is 16.0 Å². The van der Waals surface area contributed by atoms with Crippen molar-refractivity contribution in [2.75, 3.05) is 12.8 Å². The Morgan fingerprint density at radius 2 is 1.88 bits per heavy atom. The lowest BCUT2D eigenvalue weighted by molar-refractivity contribution is -0.130. The second-order valence-corrected chi connectivity index (χ2v) is 6.07. The van der Waals surface area contributed by atoms with Gasteiger partial charge in [-0.15, -0.1) is 0 Å². The van der Waals surface area contributed by atoms with Crippen molar-refractivity contribution in [1.29, 1.82) is 0 Å². The maximum atomic E-state index is 11.6. The van der Waals surface area contributed by atoms with Crippen molar-refractivity contribution in [1.82, 2.24) is 4.90 Å². The molecule has 0 aromatic heterocycles. The van der Waals surface area contributed by atoms with E-state index in [0.29, 0.717) is 5.57 Å². The Bertz CT molecular complexity index is 384. The first-order valence-corrected chi connectivity index (χ1v) is 6.47. The summed E-state index contributed by atoms with van der Waals surface area (Å²) in [6, 6.07) is 0. The number of carbonyl (C=O) groups excluding carboxylic acids is 1. The highest BCUT2D eigenvalue weighted by atomic mass is 32.2. The van der Waals surface area contributed by atoms with E-state index in [1.807, 2.05) is 0 Å². The van der Waals surface area contributed by atoms with Crippen LogP contribution in [0.2, 0.25) is 0 Å². The maximum absolute atomic E-state index is 11.6. The first-order chi connectivity index (χ1) is 6.97. The molecular formula is C10H19NO4S. The lowest BCUT2D eigenvalue weighted by atomic mass is 9.99. The summed E-state index contributed by atoms with van der Waals surface area (Å²) in [5, 5.41) is 0. The molecule has 94 valence electrons. The summed E-state index contributed by atoms with van der Waals surface area (Å²) in [6.07, 6.45) is 0.168. The summed E-state index contributed by atoms with van der Waals surface area (Å²) in [5.74, 6) is -0.603. The summed E-state index contributed by atoms with van der Waals surface area (Å²) >= 11 is 0. The van der Waals surface area contributed by atoms with E-state index in [-0.39, 0.29) is 18.1 Å². The van der Waals surface area contributed by atoms with E-state index >= 15 is 0 Å². The van der Waals surface area contributed by atoms with Gasteiger partial charge in [-0.05, 0) is 27.2 Å². The molecule has 0 aliphatic carbocycles. The molecule has 0 saturated carbocycles. The number of rotatable bonds is 5. The first kappa shape index (κ1) is 15.1. The summed E-state index contributed by atoms with van der Waals surface area (Å²) in [7, 11) is -2.41. The Labute approximate surface area is 96.9 Å². The first-order valence-electron chi connectivity index (χ1n) is 4.86. The summed E-state index contributed by atoms with van der Waals surface area (Å²) in [4.78, 5) is 13.1. The zero-order chi connectivity index (χ0) is 13.1. The van der Waals surface area contributed by atoms with Gasteiger partial charge in [0.15, 0.2) is 0 Å². The topological polar surface area (TPSA) is 74.7 Å². The molecule has 0 fully saturated rings. The zero-order valence-corrected chi connectivity index (χ0v) is 11.0. The Morgan fingerprint density at radius 1 is 1.44 bits per heavy atom. The number of hydrogen-bond acceptors (Lipinski definition) is 3. The molecule has 1 amide bonds. The van der Waals surface area contributed by atoms with Crippen LogP contribution in [0.5, 0.6) is 0 Å². The van der Waals surface area contributed by atoms with Gasteiger partial charge in [0.25, 0.3) is 10.1 Å². The lowest BCUT2D eigenvalue weighted by Crippen LogP contribution is -2.46. The van der Waals surface area contributed by atoms with Gasteiger partial charge in [-0.1, -0.05) is 6.58 Å². The minimum absolute atomic E-state index is 0.168. The molecule has 0 atom stereocenters. The third-order valence-corrected chi connectivity index (χ3v) is 3.27. The predicted molar refractivity (Wildman–Crippen MR) is 62.7 cm³/mol. The van der Waals surface area contributed by atoms with E-state index in [2.05, 4.69) is 6.58 Å². The van der Waals surface area contributed by atoms with Gasteiger partial charge in [-0.2, -0.15) is 8.42 Å². The SMILES string of the molecule is C=C(C)C(=O)N(C)C(C)(C)CCS(=O)(=O)O. The highest BCUT2D eigenvalue weighted by Crippen LogP contribution is 2.19. The van der Waals surface area contributed by atoms with Gasteiger partial charge >= 0.3 is 0 Å². The highest BCUT2D eigenvalue weighted by molar-refractivity contribution is 7.85. The predicted octanol–water partition coefficient (Wildman–Crippen LogP) is 1.08. The van der Waals surface area contributed by atoms with Crippen molar-refractivity contribution in [3.8, 4) is 0 Å². The molecule has 0 aliphatic rings. The van der Waals surface area contributed by atoms with Crippen LogP contribution in [0.15, 0.2) is 12.2 Å². The standard InChI is InChI=1S/C10H19NO4S/c1-8(2)9(12)11(5)10(3,4)6-7-16(13,14)15/h1,6-7H2,2-5H3,(H,13,14,15). The average Bonchev–Trinajstić information content (AvgIpc) is 2.11. The molecule has 0 heterocycles. The second-order valence-electron chi connectivity index (χ2n) is 4.49. The van der Waals surface area contributed by atoms with Crippen molar-refractivity contribution in [3.63, 3.8) is 0 Å². The Kier molecular flexibility index (Phi) is 4.69. The van der Waals surface area contributed by atoms with Gasteiger partial charge in [-0.3, -0.25) is 9.35 Å². The molecule has 1 N–H and O–H groups in total. The van der Waals surface area contributed by atoms with Gasteiger partial charge in [0.2, 0.25) is 5.91 Å². The zero-order valence-electron chi connectivity index (χ0n) is 10.1. The van der Waals surface area contributed by atoms with E-state index in [1.165, 1.54) is 4.90 Å². The number of likely N-dealkylation sites (N-methyl/N-ethyl adjacent to an activating group) is 1. The van der Waals surface area contributed by atoms with E-state index in [0.717, 1.165) is 0 Å². The smallest absolute Gasteiger partial charge is 0.264 e. The molecule has 5 nitrogen and oxygen atoms in total. The van der Waals surface area contributed by atoms with Crippen LogP contribution in [0.4, 0.5) is 0 Å². The van der Waals surface area contributed by atoms with Crippen molar-refractivity contribution in [3.05, 3.63) is 12.2 Å². The Morgan fingerprint density at radius 3 is 2.19 bits per heavy atom. The number of amides is 1. The normalized spacial score (nSPS) is 12.3. The fraction of sp³-hybridized carbons (Fsp3) is 0.700. The highest BCUT2D eigenvalue weighted by Gasteiger charge is 2.29. The Hall–Kier alpha value is -0.880. The second kappa shape index (κ2) is 4.97. The van der Waals surface area contributed by atoms with E-state index in [4.69, 9.17) is 4.55 Å². The fourth-order valence-corrected chi connectivity index (χ4v) is 1.87. The van der Waals surface area contributed by atoms with Gasteiger partial charge in [0.05, 0.1) is 5.75 Å². The van der Waals surface area contributed by atoms with Crippen molar-refractivity contribution in [2.45, 2.75) is 32.7 Å². The maximum Gasteiger partial charge on any atom is 0.264 e. The van der Waals surface area contributed by atoms with Crippen molar-refractivity contribution < 1.29 is 17.8 Å². The number of nitrogens with zero attached hydrogens (tertiary/aromatic N) is 1. The molecule has 0 aliphatic heterocycles. The van der Waals surface area contributed by atoms with Gasteiger partial charge in [-0.25, -0.2) is 0 Å². The van der Waals surface area contributed by atoms with E-state index < -0.39 is 15.7 Å². The third kappa shape index (κ3) is 4.76. The monoisotopic (exact) mass is 249 g/mol. The Balaban J connectivity index is 4.66. The van der Waals surface area contributed by atoms with Crippen LogP contribution in [-0.4, -0.2) is 42.1 Å². The summed E-state index contributed by atoms with van der Waals surface area (Å²) in [5.41, 5.74) is -0.256. The minimum Gasteiger partial charge on any atom is -0.337 e. The van der Waals surface area contributed by atoms with Crippen LogP contribution >= 0.6 is 0 Å². The molecule has 16 heavy (non-hydrogen) atoms. The fourth-order valence-electron chi connectivity index (χ4n) is 1.11. The van der Waals surface area contributed by atoms with Crippen LogP contribution in [0.25, 0.3) is 0 Å². The largest absolute Gasteiger partial charge is 0.337 e. The van der Waals surface area contributed by atoms with Crippen molar-refractivity contribution in [2.24, 2.45) is 0 Å². The van der Waals surface area contributed by atoms with Crippen LogP contribution in [0.1, 0.15) is 27.2 Å². The number of hydrogen-bond donors (Lipinski definition) is 1. The van der Waals surface area contributed by atoms with E-state index in [1.54, 1.807) is 27.8 Å². The number of carbonyl (C=O) groups is 1.